The summed E-state index contributed by atoms with van der Waals surface area (Å²) in [5.41, 5.74) is 3.25. The van der Waals surface area contributed by atoms with Gasteiger partial charge in [-0.1, -0.05) is 11.6 Å². The Balaban J connectivity index is 2.65. The molecule has 0 saturated carbocycles. The van der Waals surface area contributed by atoms with Crippen molar-refractivity contribution in [1.82, 2.24) is 0 Å². The topological polar surface area (TPSA) is 27.7 Å². The van der Waals surface area contributed by atoms with E-state index >= 15 is 0 Å². The molecular weight excluding hydrogens is 240 g/mol. The van der Waals surface area contributed by atoms with Crippen LogP contribution in [0.15, 0.2) is 11.6 Å². The van der Waals surface area contributed by atoms with Gasteiger partial charge in [-0.3, -0.25) is 0 Å². The van der Waals surface area contributed by atoms with Gasteiger partial charge < -0.3 is 14.2 Å². The number of benzene rings is 1. The van der Waals surface area contributed by atoms with Crippen LogP contribution >= 0.6 is 0 Å². The Morgan fingerprint density at radius 3 is 2.37 bits per heavy atom. The Hall–Kier alpha value is -1.64. The summed E-state index contributed by atoms with van der Waals surface area (Å²) in [7, 11) is 3.31. The minimum absolute atomic E-state index is 0.190. The number of ether oxygens (including phenoxy) is 3. The van der Waals surface area contributed by atoms with Crippen molar-refractivity contribution < 1.29 is 14.2 Å². The van der Waals surface area contributed by atoms with Crippen molar-refractivity contribution >= 4 is 6.08 Å². The normalized spacial score (nSPS) is 15.5. The van der Waals surface area contributed by atoms with Crippen molar-refractivity contribution in [3.63, 3.8) is 0 Å². The smallest absolute Gasteiger partial charge is 0.204 e. The van der Waals surface area contributed by atoms with Crippen LogP contribution in [0.4, 0.5) is 0 Å². The number of rotatable bonds is 3. The minimum atomic E-state index is -0.190. The molecule has 3 nitrogen and oxygen atoms in total. The predicted octanol–water partition coefficient (Wildman–Crippen LogP) is 3.84. The zero-order valence-corrected chi connectivity index (χ0v) is 12.6. The van der Waals surface area contributed by atoms with Gasteiger partial charge in [0.15, 0.2) is 11.5 Å². The summed E-state index contributed by atoms with van der Waals surface area (Å²) < 4.78 is 17.0. The molecule has 1 aliphatic rings. The largest absolute Gasteiger partial charge is 0.492 e. The van der Waals surface area contributed by atoms with Crippen LogP contribution in [-0.4, -0.2) is 19.8 Å². The predicted molar refractivity (Wildman–Crippen MR) is 77.3 cm³/mol. The Kier molecular flexibility index (Phi) is 3.48. The van der Waals surface area contributed by atoms with Gasteiger partial charge in [0, 0.05) is 17.5 Å². The zero-order chi connectivity index (χ0) is 14.2. The molecule has 0 unspecified atom stereocenters. The van der Waals surface area contributed by atoms with E-state index in [0.29, 0.717) is 5.75 Å². The Morgan fingerprint density at radius 1 is 1.21 bits per heavy atom. The molecule has 0 spiro atoms. The Labute approximate surface area is 115 Å². The summed E-state index contributed by atoms with van der Waals surface area (Å²) in [6, 6.07) is 2.14. The molecule has 1 aromatic rings. The zero-order valence-electron chi connectivity index (χ0n) is 12.6. The third kappa shape index (κ3) is 2.55. The summed E-state index contributed by atoms with van der Waals surface area (Å²) in [6.07, 6.45) is 2.99. The molecule has 0 radical (unpaired) electrons. The van der Waals surface area contributed by atoms with E-state index in [1.165, 1.54) is 11.1 Å². The molecule has 0 bridgehead atoms. The van der Waals surface area contributed by atoms with Crippen molar-refractivity contribution in [2.45, 2.75) is 39.7 Å². The van der Waals surface area contributed by atoms with E-state index in [9.17, 15) is 0 Å². The monoisotopic (exact) mass is 262 g/mol. The van der Waals surface area contributed by atoms with E-state index in [4.69, 9.17) is 14.2 Å². The third-order valence-corrected chi connectivity index (χ3v) is 3.14. The molecule has 1 aliphatic heterocycles. The highest BCUT2D eigenvalue weighted by Gasteiger charge is 2.34. The molecule has 3 heteroatoms. The third-order valence-electron chi connectivity index (χ3n) is 3.14. The van der Waals surface area contributed by atoms with Gasteiger partial charge in [0.05, 0.1) is 14.2 Å². The molecule has 0 atom stereocenters. The van der Waals surface area contributed by atoms with Crippen LogP contribution in [0.25, 0.3) is 6.08 Å². The highest BCUT2D eigenvalue weighted by atomic mass is 16.5. The van der Waals surface area contributed by atoms with Crippen LogP contribution < -0.4 is 14.2 Å². The Bertz CT molecular complexity index is 523. The molecule has 1 aromatic carbocycles. The average molecular weight is 262 g/mol. The summed E-state index contributed by atoms with van der Waals surface area (Å²) in [4.78, 5) is 0. The number of hydrogen-bond donors (Lipinski definition) is 0. The molecule has 0 saturated heterocycles. The lowest BCUT2D eigenvalue weighted by Crippen LogP contribution is -2.24. The van der Waals surface area contributed by atoms with Crippen molar-refractivity contribution in [1.29, 1.82) is 0 Å². The summed E-state index contributed by atoms with van der Waals surface area (Å²) in [5, 5.41) is 0. The van der Waals surface area contributed by atoms with Crippen LogP contribution in [0.2, 0.25) is 0 Å². The first-order valence-electron chi connectivity index (χ1n) is 6.49. The van der Waals surface area contributed by atoms with Crippen molar-refractivity contribution in [3.8, 4) is 17.2 Å². The first kappa shape index (κ1) is 13.8. The molecule has 0 N–H and O–H groups in total. The second-order valence-electron chi connectivity index (χ2n) is 5.78. The molecule has 19 heavy (non-hydrogen) atoms. The summed E-state index contributed by atoms with van der Waals surface area (Å²) >= 11 is 0. The lowest BCUT2D eigenvalue weighted by Gasteiger charge is -2.19. The number of hydrogen-bond acceptors (Lipinski definition) is 3. The first-order chi connectivity index (χ1) is 8.88. The highest BCUT2D eigenvalue weighted by molar-refractivity contribution is 5.70. The fraction of sp³-hybridized carbons (Fsp3) is 0.500. The van der Waals surface area contributed by atoms with E-state index in [-0.39, 0.29) is 5.60 Å². The fourth-order valence-electron chi connectivity index (χ4n) is 2.53. The van der Waals surface area contributed by atoms with Crippen molar-refractivity contribution in [2.24, 2.45) is 0 Å². The van der Waals surface area contributed by atoms with Gasteiger partial charge in [0.1, 0.15) is 5.60 Å². The molecule has 104 valence electrons. The molecular formula is C16H22O3. The first-order valence-corrected chi connectivity index (χ1v) is 6.49. The van der Waals surface area contributed by atoms with Crippen LogP contribution in [0.1, 0.15) is 38.8 Å². The number of allylic oxidation sites excluding steroid dienone is 1. The molecule has 1 heterocycles. The van der Waals surface area contributed by atoms with E-state index in [1.807, 2.05) is 0 Å². The van der Waals surface area contributed by atoms with Gasteiger partial charge in [0.25, 0.3) is 0 Å². The summed E-state index contributed by atoms with van der Waals surface area (Å²) in [5.74, 6) is 2.24. The maximum atomic E-state index is 5.99. The Morgan fingerprint density at radius 2 is 1.84 bits per heavy atom. The molecule has 0 aromatic heterocycles. The second-order valence-corrected chi connectivity index (χ2v) is 5.78. The summed E-state index contributed by atoms with van der Waals surface area (Å²) in [6.45, 7) is 8.30. The van der Waals surface area contributed by atoms with Gasteiger partial charge in [-0.15, -0.1) is 0 Å². The SMILES string of the molecule is COc1c(C=C(C)C)cc2c(c1OC)OC(C)(C)C2. The van der Waals surface area contributed by atoms with E-state index in [0.717, 1.165) is 23.5 Å². The van der Waals surface area contributed by atoms with Gasteiger partial charge in [-0.2, -0.15) is 0 Å². The van der Waals surface area contributed by atoms with E-state index < -0.39 is 0 Å². The average Bonchev–Trinajstić information content (AvgIpc) is 2.60. The van der Waals surface area contributed by atoms with Gasteiger partial charge in [-0.25, -0.2) is 0 Å². The fourth-order valence-corrected chi connectivity index (χ4v) is 2.53. The van der Waals surface area contributed by atoms with Crippen molar-refractivity contribution in [2.75, 3.05) is 14.2 Å². The molecule has 0 fully saturated rings. The van der Waals surface area contributed by atoms with Crippen molar-refractivity contribution in [3.05, 3.63) is 22.8 Å². The van der Waals surface area contributed by atoms with E-state index in [1.54, 1.807) is 14.2 Å². The number of fused-ring (bicyclic) bond motifs is 1. The molecule has 0 amide bonds. The van der Waals surface area contributed by atoms with E-state index in [2.05, 4.69) is 39.8 Å². The highest BCUT2D eigenvalue weighted by Crippen LogP contribution is 2.49. The quantitative estimate of drug-likeness (QED) is 0.828. The van der Waals surface area contributed by atoms with Crippen LogP contribution in [-0.2, 0) is 6.42 Å². The molecule has 2 rings (SSSR count). The van der Waals surface area contributed by atoms with Crippen LogP contribution in [0.5, 0.6) is 17.2 Å². The lowest BCUT2D eigenvalue weighted by molar-refractivity contribution is 0.133. The van der Waals surface area contributed by atoms with Gasteiger partial charge in [-0.05, 0) is 33.8 Å². The molecule has 0 aliphatic carbocycles. The lowest BCUT2D eigenvalue weighted by atomic mass is 9.98. The van der Waals surface area contributed by atoms with Crippen LogP contribution in [0.3, 0.4) is 0 Å². The van der Waals surface area contributed by atoms with Gasteiger partial charge >= 0.3 is 0 Å². The maximum Gasteiger partial charge on any atom is 0.204 e. The minimum Gasteiger partial charge on any atom is -0.492 e. The number of methoxy groups -OCH3 is 2. The standard InChI is InChI=1S/C16H22O3/c1-10(2)7-11-8-12-9-16(3,4)19-14(12)15(18-6)13(11)17-5/h7-8H,9H2,1-6H3. The second kappa shape index (κ2) is 4.80. The van der Waals surface area contributed by atoms with Gasteiger partial charge in [0.2, 0.25) is 5.75 Å². The maximum absolute atomic E-state index is 5.99. The van der Waals surface area contributed by atoms with Crippen LogP contribution in [0, 0.1) is 0 Å².